The first-order valence-corrected chi connectivity index (χ1v) is 9.65. The highest BCUT2D eigenvalue weighted by molar-refractivity contribution is 5.65. The lowest BCUT2D eigenvalue weighted by Gasteiger charge is -2.13. The Kier molecular flexibility index (Phi) is 5.46. The summed E-state index contributed by atoms with van der Waals surface area (Å²) in [5.74, 6) is 3.24. The Morgan fingerprint density at radius 2 is 1.85 bits per heavy atom. The number of aromatic nitrogens is 3. The highest BCUT2D eigenvalue weighted by Gasteiger charge is 2.17. The van der Waals surface area contributed by atoms with Gasteiger partial charge in [0.25, 0.3) is 0 Å². The summed E-state index contributed by atoms with van der Waals surface area (Å²) >= 11 is 0. The molecule has 0 radical (unpaired) electrons. The maximum atomic E-state index is 5.62. The Bertz CT molecular complexity index is 1000. The zero-order valence-electron chi connectivity index (χ0n) is 16.9. The summed E-state index contributed by atoms with van der Waals surface area (Å²) in [6, 6.07) is 12.8. The molecule has 138 valence electrons. The number of benzene rings is 2. The first-order chi connectivity index (χ1) is 13.0. The van der Waals surface area contributed by atoms with E-state index in [-0.39, 0.29) is 0 Å². The molecule has 1 heterocycles. The number of nitrogens with zero attached hydrogens (tertiary/aromatic N) is 3. The average Bonchev–Trinajstić information content (AvgIpc) is 3.11. The minimum Gasteiger partial charge on any atom is -0.217 e. The normalized spacial score (nSPS) is 11.0. The van der Waals surface area contributed by atoms with Gasteiger partial charge < -0.3 is 0 Å². The highest BCUT2D eigenvalue weighted by atomic mass is 15.4. The molecule has 3 heteroatoms. The van der Waals surface area contributed by atoms with E-state index < -0.39 is 0 Å². The predicted molar refractivity (Wildman–Crippen MR) is 112 cm³/mol. The zero-order valence-corrected chi connectivity index (χ0v) is 16.9. The van der Waals surface area contributed by atoms with Crippen LogP contribution < -0.4 is 0 Å². The number of terminal acetylenes is 1. The van der Waals surface area contributed by atoms with Crippen LogP contribution >= 0.6 is 0 Å². The predicted octanol–water partition coefficient (Wildman–Crippen LogP) is 5.47. The second-order valence-electron chi connectivity index (χ2n) is 7.22. The van der Waals surface area contributed by atoms with Gasteiger partial charge in [-0.2, -0.15) is 0 Å². The third-order valence-corrected chi connectivity index (χ3v) is 5.14. The van der Waals surface area contributed by atoms with Crippen molar-refractivity contribution in [3.8, 4) is 29.3 Å². The maximum Gasteiger partial charge on any atom is 0.116 e. The molecule has 0 spiro atoms. The molecule has 3 nitrogen and oxygen atoms in total. The topological polar surface area (TPSA) is 30.7 Å². The third kappa shape index (κ3) is 3.53. The fourth-order valence-electron chi connectivity index (χ4n) is 3.42. The van der Waals surface area contributed by atoms with Crippen LogP contribution in [0, 0.1) is 19.3 Å². The fourth-order valence-corrected chi connectivity index (χ4v) is 3.42. The molecule has 0 amide bonds. The van der Waals surface area contributed by atoms with Crippen LogP contribution in [0.3, 0.4) is 0 Å². The standard InChI is InChI=1S/C24H27N3/c1-7-18-12-13-21(14-19(18)8-2)24-22(9-3)27(26-25-24)23-15-20(16(4)5)11-10-17(23)6/h1,10-16H,8-9H2,2-6H3. The molecule has 1 aromatic heterocycles. The molecule has 0 aliphatic carbocycles. The molecule has 27 heavy (non-hydrogen) atoms. The Labute approximate surface area is 162 Å². The number of hydrogen-bond acceptors (Lipinski definition) is 2. The van der Waals surface area contributed by atoms with Crippen LogP contribution in [0.1, 0.15) is 61.6 Å². The molecular weight excluding hydrogens is 330 g/mol. The number of rotatable bonds is 5. The van der Waals surface area contributed by atoms with E-state index in [0.717, 1.165) is 41.0 Å². The van der Waals surface area contributed by atoms with Crippen molar-refractivity contribution in [1.29, 1.82) is 0 Å². The van der Waals surface area contributed by atoms with Crippen molar-refractivity contribution in [1.82, 2.24) is 15.0 Å². The van der Waals surface area contributed by atoms with Gasteiger partial charge in [0.2, 0.25) is 0 Å². The van der Waals surface area contributed by atoms with Crippen molar-refractivity contribution in [3.05, 3.63) is 64.3 Å². The van der Waals surface area contributed by atoms with Gasteiger partial charge in [0.05, 0.1) is 11.4 Å². The molecule has 0 unspecified atom stereocenters. The van der Waals surface area contributed by atoms with Gasteiger partial charge in [-0.25, -0.2) is 4.68 Å². The van der Waals surface area contributed by atoms with E-state index in [1.807, 2.05) is 10.7 Å². The Balaban J connectivity index is 2.15. The van der Waals surface area contributed by atoms with Crippen molar-refractivity contribution in [3.63, 3.8) is 0 Å². The summed E-state index contributed by atoms with van der Waals surface area (Å²) in [6.45, 7) is 10.8. The van der Waals surface area contributed by atoms with Gasteiger partial charge in [0.15, 0.2) is 0 Å². The van der Waals surface area contributed by atoms with Crippen LogP contribution in [0.4, 0.5) is 0 Å². The van der Waals surface area contributed by atoms with Crippen LogP contribution in [0.2, 0.25) is 0 Å². The van der Waals surface area contributed by atoms with Gasteiger partial charge in [0, 0.05) is 11.1 Å². The summed E-state index contributed by atoms with van der Waals surface area (Å²) in [7, 11) is 0. The first-order valence-electron chi connectivity index (χ1n) is 9.65. The van der Waals surface area contributed by atoms with Crippen LogP contribution in [0.25, 0.3) is 16.9 Å². The lowest BCUT2D eigenvalue weighted by atomic mass is 9.99. The minimum absolute atomic E-state index is 0.473. The molecule has 0 bridgehead atoms. The summed E-state index contributed by atoms with van der Waals surface area (Å²) < 4.78 is 2.00. The largest absolute Gasteiger partial charge is 0.217 e. The maximum absolute atomic E-state index is 5.62. The molecular formula is C24H27N3. The lowest BCUT2D eigenvalue weighted by Crippen LogP contribution is -2.05. The Morgan fingerprint density at radius 1 is 1.07 bits per heavy atom. The molecule has 3 aromatic rings. The van der Waals surface area contributed by atoms with Gasteiger partial charge in [-0.3, -0.25) is 0 Å². The fraction of sp³-hybridized carbons (Fsp3) is 0.333. The first kappa shape index (κ1) is 18.9. The molecule has 0 saturated carbocycles. The summed E-state index contributed by atoms with van der Waals surface area (Å²) in [5, 5.41) is 9.06. The molecule has 0 atom stereocenters. The quantitative estimate of drug-likeness (QED) is 0.567. The Morgan fingerprint density at radius 3 is 2.48 bits per heavy atom. The van der Waals surface area contributed by atoms with Crippen LogP contribution in [-0.4, -0.2) is 15.0 Å². The van der Waals surface area contributed by atoms with E-state index in [1.54, 1.807) is 0 Å². The smallest absolute Gasteiger partial charge is 0.116 e. The van der Waals surface area contributed by atoms with E-state index in [2.05, 4.69) is 81.2 Å². The lowest BCUT2D eigenvalue weighted by molar-refractivity contribution is 0.758. The van der Waals surface area contributed by atoms with E-state index in [4.69, 9.17) is 6.42 Å². The van der Waals surface area contributed by atoms with E-state index >= 15 is 0 Å². The van der Waals surface area contributed by atoms with Gasteiger partial charge in [-0.1, -0.05) is 57.0 Å². The van der Waals surface area contributed by atoms with Gasteiger partial charge in [0.1, 0.15) is 5.69 Å². The number of hydrogen-bond donors (Lipinski definition) is 0. The minimum atomic E-state index is 0.473. The molecule has 0 aliphatic rings. The van der Waals surface area contributed by atoms with Gasteiger partial charge in [-0.15, -0.1) is 11.5 Å². The SMILES string of the molecule is C#Cc1ccc(-c2nnn(-c3cc(C(C)C)ccc3C)c2CC)cc1CC. The molecule has 0 N–H and O–H groups in total. The monoisotopic (exact) mass is 357 g/mol. The van der Waals surface area contributed by atoms with Crippen molar-refractivity contribution in [2.24, 2.45) is 0 Å². The molecule has 0 fully saturated rings. The van der Waals surface area contributed by atoms with Gasteiger partial charge >= 0.3 is 0 Å². The van der Waals surface area contributed by atoms with Crippen molar-refractivity contribution in [2.45, 2.75) is 53.4 Å². The second-order valence-corrected chi connectivity index (χ2v) is 7.22. The molecule has 3 rings (SSSR count). The highest BCUT2D eigenvalue weighted by Crippen LogP contribution is 2.28. The van der Waals surface area contributed by atoms with Crippen molar-refractivity contribution < 1.29 is 0 Å². The van der Waals surface area contributed by atoms with Crippen LogP contribution in [0.5, 0.6) is 0 Å². The van der Waals surface area contributed by atoms with E-state index in [0.29, 0.717) is 5.92 Å². The van der Waals surface area contributed by atoms with Crippen LogP contribution in [0.15, 0.2) is 36.4 Å². The number of aryl methyl sites for hydroxylation is 2. The van der Waals surface area contributed by atoms with Crippen LogP contribution in [-0.2, 0) is 12.8 Å². The van der Waals surface area contributed by atoms with Crippen molar-refractivity contribution >= 4 is 0 Å². The second kappa shape index (κ2) is 7.80. The summed E-state index contributed by atoms with van der Waals surface area (Å²) in [6.07, 6.45) is 7.38. The van der Waals surface area contributed by atoms with Gasteiger partial charge in [-0.05, 0) is 60.6 Å². The summed E-state index contributed by atoms with van der Waals surface area (Å²) in [4.78, 5) is 0. The summed E-state index contributed by atoms with van der Waals surface area (Å²) in [5.41, 5.74) is 8.86. The van der Waals surface area contributed by atoms with E-state index in [9.17, 15) is 0 Å². The van der Waals surface area contributed by atoms with E-state index in [1.165, 1.54) is 16.7 Å². The Hall–Kier alpha value is -2.86. The third-order valence-electron chi connectivity index (χ3n) is 5.14. The molecule has 0 saturated heterocycles. The zero-order chi connectivity index (χ0) is 19.6. The molecule has 2 aromatic carbocycles. The average molecular weight is 358 g/mol. The molecule has 0 aliphatic heterocycles. The van der Waals surface area contributed by atoms with Crippen molar-refractivity contribution in [2.75, 3.05) is 0 Å².